The molecule has 0 unspecified atom stereocenters. The number of carbonyl (C=O) groups excluding carboxylic acids is 2. The predicted octanol–water partition coefficient (Wildman–Crippen LogP) is 4.65. The largest absolute Gasteiger partial charge is 0.416 e. The van der Waals surface area contributed by atoms with Gasteiger partial charge in [0.25, 0.3) is 0 Å². The predicted molar refractivity (Wildman–Crippen MR) is 109 cm³/mol. The number of anilines is 1. The molecule has 172 valence electrons. The van der Waals surface area contributed by atoms with Gasteiger partial charge in [-0.15, -0.1) is 0 Å². The summed E-state index contributed by atoms with van der Waals surface area (Å²) >= 11 is 0. The Bertz CT molecular complexity index is 1180. The van der Waals surface area contributed by atoms with Crippen molar-refractivity contribution in [3.8, 4) is 0 Å². The van der Waals surface area contributed by atoms with Crippen LogP contribution in [-0.2, 0) is 17.5 Å². The number of hydrogen-bond acceptors (Lipinski definition) is 2. The molecule has 1 fully saturated rings. The lowest BCUT2D eigenvalue weighted by molar-refractivity contribution is -0.137. The molecule has 1 aliphatic carbocycles. The summed E-state index contributed by atoms with van der Waals surface area (Å²) < 4.78 is 66.1. The maximum atomic E-state index is 14.1. The van der Waals surface area contributed by atoms with Crippen LogP contribution in [0.25, 0.3) is 5.57 Å². The lowest BCUT2D eigenvalue weighted by atomic mass is 9.94. The van der Waals surface area contributed by atoms with Gasteiger partial charge in [0, 0.05) is 18.0 Å². The smallest absolute Gasteiger partial charge is 0.334 e. The zero-order valence-electron chi connectivity index (χ0n) is 17.1. The van der Waals surface area contributed by atoms with E-state index in [0.717, 1.165) is 28.7 Å². The van der Waals surface area contributed by atoms with Crippen LogP contribution in [0.3, 0.4) is 0 Å². The highest BCUT2D eigenvalue weighted by Crippen LogP contribution is 2.43. The fourth-order valence-corrected chi connectivity index (χ4v) is 4.77. The Balaban J connectivity index is 1.28. The number of fused-ring (bicyclic) bond motifs is 3. The summed E-state index contributed by atoms with van der Waals surface area (Å²) in [5.41, 5.74) is 1.03. The van der Waals surface area contributed by atoms with Crippen LogP contribution < -0.4 is 5.32 Å². The number of halogens is 5. The normalized spacial score (nSPS) is 21.7. The van der Waals surface area contributed by atoms with Crippen LogP contribution >= 0.6 is 0 Å². The molecule has 3 aliphatic rings. The Morgan fingerprint density at radius 1 is 1.09 bits per heavy atom. The number of hydrogen-bond donors (Lipinski definition) is 1. The van der Waals surface area contributed by atoms with Gasteiger partial charge in [0.05, 0.1) is 23.8 Å². The summed E-state index contributed by atoms with van der Waals surface area (Å²) in [7, 11) is 0. The van der Waals surface area contributed by atoms with Crippen LogP contribution in [0.15, 0.2) is 42.5 Å². The lowest BCUT2D eigenvalue weighted by Crippen LogP contribution is -2.47. The van der Waals surface area contributed by atoms with Crippen molar-refractivity contribution in [2.75, 3.05) is 18.4 Å². The van der Waals surface area contributed by atoms with E-state index in [1.807, 2.05) is 6.08 Å². The molecule has 1 saturated heterocycles. The number of likely N-dealkylation sites (tertiary alicyclic amines) is 1. The fraction of sp³-hybridized carbons (Fsp3) is 0.304. The zero-order valence-corrected chi connectivity index (χ0v) is 17.1. The van der Waals surface area contributed by atoms with Crippen molar-refractivity contribution in [2.45, 2.75) is 25.2 Å². The molecule has 3 amide bonds. The first-order chi connectivity index (χ1) is 15.6. The third-order valence-electron chi connectivity index (χ3n) is 6.42. The van der Waals surface area contributed by atoms with Crippen LogP contribution in [-0.4, -0.2) is 40.9 Å². The van der Waals surface area contributed by atoms with Gasteiger partial charge in [0.2, 0.25) is 5.91 Å². The monoisotopic (exact) mass is 463 g/mol. The van der Waals surface area contributed by atoms with E-state index >= 15 is 0 Å². The Labute approximate surface area is 185 Å². The van der Waals surface area contributed by atoms with Crippen LogP contribution in [0.5, 0.6) is 0 Å². The average molecular weight is 463 g/mol. The molecule has 2 aliphatic heterocycles. The molecule has 5 rings (SSSR count). The molecular weight excluding hydrogens is 445 g/mol. The lowest BCUT2D eigenvalue weighted by Gasteiger charge is -2.32. The van der Waals surface area contributed by atoms with E-state index in [-0.39, 0.29) is 42.2 Å². The minimum atomic E-state index is -4.40. The van der Waals surface area contributed by atoms with Crippen molar-refractivity contribution in [1.29, 1.82) is 0 Å². The standard InChI is InChI=1S/C23H18F5N3O2/c24-18-5-6-19-17(21(18)25)10-30(22(33)29-19)11-20(32)31-9-13-7-15(31)8-16(13)12-1-3-14(4-2-12)23(26,27)28/h1-6,8,13,15H,7,9-11H2,(H,29,33)/t13-,15-/m0/s1. The van der Waals surface area contributed by atoms with Gasteiger partial charge in [0.1, 0.15) is 6.54 Å². The van der Waals surface area contributed by atoms with Crippen molar-refractivity contribution in [1.82, 2.24) is 9.80 Å². The molecule has 0 aromatic heterocycles. The summed E-state index contributed by atoms with van der Waals surface area (Å²) in [6.45, 7) is -0.148. The Morgan fingerprint density at radius 2 is 1.82 bits per heavy atom. The van der Waals surface area contributed by atoms with E-state index in [9.17, 15) is 31.5 Å². The van der Waals surface area contributed by atoms with Crippen LogP contribution in [0.4, 0.5) is 32.4 Å². The van der Waals surface area contributed by atoms with Gasteiger partial charge in [-0.05, 0) is 41.8 Å². The molecule has 2 aromatic carbocycles. The molecule has 5 nitrogen and oxygen atoms in total. The first-order valence-electron chi connectivity index (χ1n) is 10.3. The Kier molecular flexibility index (Phi) is 4.91. The zero-order chi connectivity index (χ0) is 23.5. The molecule has 2 aromatic rings. The number of alkyl halides is 3. The second kappa shape index (κ2) is 7.57. The van der Waals surface area contributed by atoms with Gasteiger partial charge < -0.3 is 15.1 Å². The number of amides is 3. The van der Waals surface area contributed by atoms with Crippen molar-refractivity contribution < 1.29 is 31.5 Å². The van der Waals surface area contributed by atoms with Crippen molar-refractivity contribution in [3.05, 3.63) is 70.8 Å². The average Bonchev–Trinajstić information content (AvgIpc) is 3.38. The molecule has 33 heavy (non-hydrogen) atoms. The van der Waals surface area contributed by atoms with Crippen LogP contribution in [0.2, 0.25) is 0 Å². The van der Waals surface area contributed by atoms with Gasteiger partial charge in [-0.1, -0.05) is 18.2 Å². The second-order valence-corrected chi connectivity index (χ2v) is 8.42. The quantitative estimate of drug-likeness (QED) is 0.675. The number of urea groups is 1. The van der Waals surface area contributed by atoms with Crippen molar-refractivity contribution in [3.63, 3.8) is 0 Å². The van der Waals surface area contributed by atoms with Crippen LogP contribution in [0, 0.1) is 17.6 Å². The summed E-state index contributed by atoms with van der Waals surface area (Å²) in [5, 5.41) is 2.47. The number of carbonyl (C=O) groups is 2. The molecule has 0 saturated carbocycles. The molecule has 0 radical (unpaired) electrons. The van der Waals surface area contributed by atoms with Crippen LogP contribution in [0.1, 0.15) is 23.1 Å². The summed E-state index contributed by atoms with van der Waals surface area (Å²) in [6, 6.07) is 6.35. The van der Waals surface area contributed by atoms with E-state index in [2.05, 4.69) is 5.32 Å². The first kappa shape index (κ1) is 21.4. The van der Waals surface area contributed by atoms with Gasteiger partial charge in [0.15, 0.2) is 11.6 Å². The molecule has 0 spiro atoms. The minimum Gasteiger partial charge on any atom is -0.334 e. The SMILES string of the molecule is O=C1Nc2ccc(F)c(F)c2CN1CC(=O)N1C[C@@H]2C[C@H]1C=C2c1ccc(C(F)(F)F)cc1. The number of rotatable bonds is 3. The third kappa shape index (κ3) is 3.73. The molecule has 10 heteroatoms. The Morgan fingerprint density at radius 3 is 2.45 bits per heavy atom. The molecule has 2 atom stereocenters. The van der Waals surface area contributed by atoms with E-state index in [1.165, 1.54) is 18.2 Å². The topological polar surface area (TPSA) is 52.7 Å². The molecule has 2 bridgehead atoms. The minimum absolute atomic E-state index is 0.0156. The van der Waals surface area contributed by atoms with E-state index < -0.39 is 29.4 Å². The summed E-state index contributed by atoms with van der Waals surface area (Å²) in [5.74, 6) is -2.44. The Hall–Kier alpha value is -3.43. The maximum Gasteiger partial charge on any atom is 0.416 e. The van der Waals surface area contributed by atoms with E-state index in [4.69, 9.17) is 0 Å². The van der Waals surface area contributed by atoms with Gasteiger partial charge in [-0.2, -0.15) is 13.2 Å². The van der Waals surface area contributed by atoms with Gasteiger partial charge in [-0.25, -0.2) is 13.6 Å². The van der Waals surface area contributed by atoms with Gasteiger partial charge in [-0.3, -0.25) is 4.79 Å². The maximum absolute atomic E-state index is 14.1. The first-order valence-corrected chi connectivity index (χ1v) is 10.3. The highest BCUT2D eigenvalue weighted by Gasteiger charge is 2.42. The van der Waals surface area contributed by atoms with Crippen molar-refractivity contribution >= 4 is 23.2 Å². The number of benzene rings is 2. The summed E-state index contributed by atoms with van der Waals surface area (Å²) in [4.78, 5) is 28.0. The molecule has 1 N–H and O–H groups in total. The highest BCUT2D eigenvalue weighted by atomic mass is 19.4. The van der Waals surface area contributed by atoms with Crippen molar-refractivity contribution in [2.24, 2.45) is 5.92 Å². The number of nitrogens with zero attached hydrogens (tertiary/aromatic N) is 2. The highest BCUT2D eigenvalue weighted by molar-refractivity contribution is 5.95. The summed E-state index contributed by atoms with van der Waals surface area (Å²) in [6.07, 6.45) is -1.88. The van der Waals surface area contributed by atoms with E-state index in [1.54, 1.807) is 4.90 Å². The third-order valence-corrected chi connectivity index (χ3v) is 6.42. The molecular formula is C23H18F5N3O2. The fourth-order valence-electron chi connectivity index (χ4n) is 4.77. The van der Waals surface area contributed by atoms with E-state index in [0.29, 0.717) is 18.5 Å². The number of nitrogens with one attached hydrogen (secondary N) is 1. The second-order valence-electron chi connectivity index (χ2n) is 8.42. The van der Waals surface area contributed by atoms with Gasteiger partial charge >= 0.3 is 12.2 Å². The molecule has 2 heterocycles.